The van der Waals surface area contributed by atoms with E-state index in [4.69, 9.17) is 5.73 Å². The molecular formula is C9H17N3O. The van der Waals surface area contributed by atoms with Gasteiger partial charge in [-0.1, -0.05) is 13.3 Å². The van der Waals surface area contributed by atoms with Gasteiger partial charge in [0, 0.05) is 7.05 Å². The number of carbonyl (C=O) groups is 1. The number of nitrogens with zero attached hydrogens (tertiary/aromatic N) is 2. The molecule has 0 aromatic heterocycles. The number of hydrazone groups is 1. The van der Waals surface area contributed by atoms with Crippen LogP contribution in [-0.4, -0.2) is 30.2 Å². The van der Waals surface area contributed by atoms with E-state index in [0.29, 0.717) is 6.54 Å². The van der Waals surface area contributed by atoms with Gasteiger partial charge in [-0.2, -0.15) is 5.10 Å². The molecule has 0 aromatic carbocycles. The SMILES string of the molecule is CCCC1=NN(C)C(=O)C1CCN. The summed E-state index contributed by atoms with van der Waals surface area (Å²) in [5.74, 6) is 0.0452. The minimum absolute atomic E-state index is 0.0463. The lowest BCUT2D eigenvalue weighted by Crippen LogP contribution is -2.26. The molecule has 0 aliphatic carbocycles. The van der Waals surface area contributed by atoms with Crippen LogP contribution in [0.3, 0.4) is 0 Å². The van der Waals surface area contributed by atoms with Crippen LogP contribution in [0.5, 0.6) is 0 Å². The quantitative estimate of drug-likeness (QED) is 0.693. The Bertz CT molecular complexity index is 225. The van der Waals surface area contributed by atoms with Gasteiger partial charge in [0.15, 0.2) is 0 Å². The van der Waals surface area contributed by atoms with Gasteiger partial charge >= 0.3 is 0 Å². The van der Waals surface area contributed by atoms with Gasteiger partial charge in [-0.15, -0.1) is 0 Å². The van der Waals surface area contributed by atoms with Crippen molar-refractivity contribution in [1.29, 1.82) is 0 Å². The topological polar surface area (TPSA) is 58.7 Å². The predicted octanol–water partition coefficient (Wildman–Crippen LogP) is 0.580. The van der Waals surface area contributed by atoms with Gasteiger partial charge < -0.3 is 5.73 Å². The van der Waals surface area contributed by atoms with Crippen molar-refractivity contribution in [2.45, 2.75) is 26.2 Å². The normalized spacial score (nSPS) is 22.4. The molecule has 0 radical (unpaired) electrons. The smallest absolute Gasteiger partial charge is 0.251 e. The summed E-state index contributed by atoms with van der Waals surface area (Å²) in [5, 5.41) is 5.64. The fourth-order valence-corrected chi connectivity index (χ4v) is 1.62. The molecular weight excluding hydrogens is 166 g/mol. The van der Waals surface area contributed by atoms with Crippen LogP contribution in [0.1, 0.15) is 26.2 Å². The molecule has 1 amide bonds. The Kier molecular flexibility index (Phi) is 3.42. The summed E-state index contributed by atoms with van der Waals surface area (Å²) < 4.78 is 0. The van der Waals surface area contributed by atoms with E-state index in [1.807, 2.05) is 0 Å². The molecule has 0 bridgehead atoms. The largest absolute Gasteiger partial charge is 0.330 e. The maximum Gasteiger partial charge on any atom is 0.251 e. The maximum absolute atomic E-state index is 11.5. The van der Waals surface area contributed by atoms with Crippen molar-refractivity contribution in [2.75, 3.05) is 13.6 Å². The molecule has 0 aromatic rings. The van der Waals surface area contributed by atoms with E-state index >= 15 is 0 Å². The summed E-state index contributed by atoms with van der Waals surface area (Å²) in [6.07, 6.45) is 2.66. The second-order valence-electron chi connectivity index (χ2n) is 3.33. The van der Waals surface area contributed by atoms with Crippen molar-refractivity contribution in [2.24, 2.45) is 16.8 Å². The van der Waals surface area contributed by atoms with Crippen LogP contribution >= 0.6 is 0 Å². The van der Waals surface area contributed by atoms with Crippen molar-refractivity contribution < 1.29 is 4.79 Å². The van der Waals surface area contributed by atoms with E-state index < -0.39 is 0 Å². The zero-order valence-corrected chi connectivity index (χ0v) is 8.29. The molecule has 1 unspecified atom stereocenters. The van der Waals surface area contributed by atoms with E-state index in [0.717, 1.165) is 25.0 Å². The van der Waals surface area contributed by atoms with Crippen LogP contribution in [0.4, 0.5) is 0 Å². The Labute approximate surface area is 78.8 Å². The molecule has 4 heteroatoms. The van der Waals surface area contributed by atoms with Crippen molar-refractivity contribution >= 4 is 11.6 Å². The first-order chi connectivity index (χ1) is 6.20. The van der Waals surface area contributed by atoms with Crippen LogP contribution in [0.2, 0.25) is 0 Å². The summed E-state index contributed by atoms with van der Waals surface area (Å²) in [6, 6.07) is 0. The highest BCUT2D eigenvalue weighted by atomic mass is 16.2. The molecule has 1 aliphatic rings. The van der Waals surface area contributed by atoms with Crippen molar-refractivity contribution in [3.05, 3.63) is 0 Å². The lowest BCUT2D eigenvalue weighted by atomic mass is 9.96. The van der Waals surface area contributed by atoms with Crippen molar-refractivity contribution in [3.63, 3.8) is 0 Å². The fourth-order valence-electron chi connectivity index (χ4n) is 1.62. The Morgan fingerprint density at radius 1 is 1.62 bits per heavy atom. The highest BCUT2D eigenvalue weighted by molar-refractivity contribution is 6.07. The van der Waals surface area contributed by atoms with Crippen LogP contribution in [-0.2, 0) is 4.79 Å². The minimum atomic E-state index is -0.0463. The number of hydrogen-bond donors (Lipinski definition) is 1. The highest BCUT2D eigenvalue weighted by Crippen LogP contribution is 2.19. The standard InChI is InChI=1S/C9H17N3O/c1-3-4-8-7(5-6-10)9(13)12(2)11-8/h7H,3-6,10H2,1-2H3. The van der Waals surface area contributed by atoms with Gasteiger partial charge in [-0.3, -0.25) is 4.79 Å². The summed E-state index contributed by atoms with van der Waals surface area (Å²) in [6.45, 7) is 2.64. The third-order valence-electron chi connectivity index (χ3n) is 2.26. The molecule has 74 valence electrons. The molecule has 1 rings (SSSR count). The van der Waals surface area contributed by atoms with Gasteiger partial charge in [0.25, 0.3) is 5.91 Å². The molecule has 13 heavy (non-hydrogen) atoms. The van der Waals surface area contributed by atoms with Gasteiger partial charge in [-0.05, 0) is 19.4 Å². The first kappa shape index (κ1) is 10.2. The second kappa shape index (κ2) is 4.37. The van der Waals surface area contributed by atoms with Gasteiger partial charge in [-0.25, -0.2) is 5.01 Å². The third-order valence-corrected chi connectivity index (χ3v) is 2.26. The lowest BCUT2D eigenvalue weighted by Gasteiger charge is -2.08. The third kappa shape index (κ3) is 2.06. The average Bonchev–Trinajstić information content (AvgIpc) is 2.34. The number of hydrogen-bond acceptors (Lipinski definition) is 3. The Hall–Kier alpha value is -0.900. The van der Waals surface area contributed by atoms with Gasteiger partial charge in [0.2, 0.25) is 0 Å². The average molecular weight is 183 g/mol. The molecule has 2 N–H and O–H groups in total. The van der Waals surface area contributed by atoms with E-state index in [1.54, 1.807) is 7.05 Å². The molecule has 1 aliphatic heterocycles. The number of nitrogens with two attached hydrogens (primary N) is 1. The molecule has 0 saturated heterocycles. The number of carbonyl (C=O) groups excluding carboxylic acids is 1. The molecule has 0 spiro atoms. The van der Waals surface area contributed by atoms with Gasteiger partial charge in [0.05, 0.1) is 11.6 Å². The monoisotopic (exact) mass is 183 g/mol. The number of amides is 1. The zero-order valence-electron chi connectivity index (χ0n) is 8.29. The fraction of sp³-hybridized carbons (Fsp3) is 0.778. The summed E-state index contributed by atoms with van der Waals surface area (Å²) in [7, 11) is 1.70. The first-order valence-electron chi connectivity index (χ1n) is 4.75. The zero-order chi connectivity index (χ0) is 9.84. The Morgan fingerprint density at radius 3 is 2.85 bits per heavy atom. The second-order valence-corrected chi connectivity index (χ2v) is 3.33. The van der Waals surface area contributed by atoms with E-state index in [-0.39, 0.29) is 11.8 Å². The van der Waals surface area contributed by atoms with Crippen LogP contribution in [0, 0.1) is 5.92 Å². The molecule has 4 nitrogen and oxygen atoms in total. The van der Waals surface area contributed by atoms with Gasteiger partial charge in [0.1, 0.15) is 0 Å². The first-order valence-corrected chi connectivity index (χ1v) is 4.75. The minimum Gasteiger partial charge on any atom is -0.330 e. The number of rotatable bonds is 4. The highest BCUT2D eigenvalue weighted by Gasteiger charge is 2.31. The van der Waals surface area contributed by atoms with Crippen LogP contribution in [0.15, 0.2) is 5.10 Å². The summed E-state index contributed by atoms with van der Waals surface area (Å²) in [5.41, 5.74) is 6.45. The maximum atomic E-state index is 11.5. The lowest BCUT2D eigenvalue weighted by molar-refractivity contribution is -0.130. The predicted molar refractivity (Wildman–Crippen MR) is 52.3 cm³/mol. The van der Waals surface area contributed by atoms with Crippen molar-refractivity contribution in [1.82, 2.24) is 5.01 Å². The van der Waals surface area contributed by atoms with E-state index in [2.05, 4.69) is 12.0 Å². The van der Waals surface area contributed by atoms with E-state index in [1.165, 1.54) is 5.01 Å². The van der Waals surface area contributed by atoms with E-state index in [9.17, 15) is 4.79 Å². The van der Waals surface area contributed by atoms with Crippen LogP contribution in [0.25, 0.3) is 0 Å². The molecule has 1 atom stereocenters. The Morgan fingerprint density at radius 2 is 2.31 bits per heavy atom. The molecule has 0 fully saturated rings. The summed E-state index contributed by atoms with van der Waals surface area (Å²) >= 11 is 0. The summed E-state index contributed by atoms with van der Waals surface area (Å²) in [4.78, 5) is 11.5. The molecule has 1 heterocycles. The Balaban J connectivity index is 2.67. The van der Waals surface area contributed by atoms with Crippen LogP contribution < -0.4 is 5.73 Å². The molecule has 0 saturated carbocycles. The van der Waals surface area contributed by atoms with Crippen molar-refractivity contribution in [3.8, 4) is 0 Å².